The summed E-state index contributed by atoms with van der Waals surface area (Å²) in [5.41, 5.74) is 0. The van der Waals surface area contributed by atoms with Gasteiger partial charge in [0.1, 0.15) is 0 Å². The summed E-state index contributed by atoms with van der Waals surface area (Å²) in [7, 11) is 2.25. The Bertz CT molecular complexity index is 141. The first-order chi connectivity index (χ1) is 6.77. The van der Waals surface area contributed by atoms with Gasteiger partial charge in [-0.3, -0.25) is 0 Å². The molecule has 0 unspecified atom stereocenters. The van der Waals surface area contributed by atoms with E-state index < -0.39 is 0 Å². The van der Waals surface area contributed by atoms with E-state index in [4.69, 9.17) is 11.6 Å². The Labute approximate surface area is 93.8 Å². The molecule has 0 aliphatic heterocycles. The van der Waals surface area contributed by atoms with Gasteiger partial charge in [-0.2, -0.15) is 0 Å². The third-order valence-electron chi connectivity index (χ3n) is 3.66. The van der Waals surface area contributed by atoms with Crippen LogP contribution in [0.3, 0.4) is 0 Å². The van der Waals surface area contributed by atoms with E-state index in [0.29, 0.717) is 0 Å². The van der Waals surface area contributed by atoms with Crippen molar-refractivity contribution in [2.75, 3.05) is 19.5 Å². The summed E-state index contributed by atoms with van der Waals surface area (Å²) >= 11 is 5.70. The van der Waals surface area contributed by atoms with Gasteiger partial charge in [0.15, 0.2) is 0 Å². The molecule has 1 aliphatic carbocycles. The zero-order chi connectivity index (χ0) is 10.4. The predicted molar refractivity (Wildman–Crippen MR) is 64.0 cm³/mol. The molecule has 0 aromatic carbocycles. The van der Waals surface area contributed by atoms with Crippen LogP contribution >= 0.6 is 11.6 Å². The normalized spacial score (nSPS) is 28.3. The molecule has 14 heavy (non-hydrogen) atoms. The average Bonchev–Trinajstić information content (AvgIpc) is 2.26. The zero-order valence-corrected chi connectivity index (χ0v) is 10.4. The molecule has 84 valence electrons. The molecule has 0 radical (unpaired) electrons. The van der Waals surface area contributed by atoms with Gasteiger partial charge in [0, 0.05) is 11.9 Å². The molecule has 0 heterocycles. The highest BCUT2D eigenvalue weighted by molar-refractivity contribution is 6.17. The molecule has 1 rings (SSSR count). The summed E-state index contributed by atoms with van der Waals surface area (Å²) in [4.78, 5) is 2.51. The summed E-state index contributed by atoms with van der Waals surface area (Å²) in [6.45, 7) is 3.49. The van der Waals surface area contributed by atoms with Gasteiger partial charge in [0.2, 0.25) is 0 Å². The van der Waals surface area contributed by atoms with Crippen molar-refractivity contribution in [2.45, 2.75) is 51.5 Å². The van der Waals surface area contributed by atoms with Gasteiger partial charge in [-0.25, -0.2) is 0 Å². The lowest BCUT2D eigenvalue weighted by Crippen LogP contribution is -2.35. The lowest BCUT2D eigenvalue weighted by Gasteiger charge is -2.34. The molecular formula is C12H24ClN. The molecule has 0 amide bonds. The number of hydrogen-bond donors (Lipinski definition) is 0. The van der Waals surface area contributed by atoms with Crippen molar-refractivity contribution in [2.24, 2.45) is 5.92 Å². The summed E-state index contributed by atoms with van der Waals surface area (Å²) in [6.07, 6.45) is 8.18. The minimum absolute atomic E-state index is 0.800. The fourth-order valence-electron chi connectivity index (χ4n) is 2.49. The van der Waals surface area contributed by atoms with Crippen LogP contribution in [-0.4, -0.2) is 30.4 Å². The van der Waals surface area contributed by atoms with Crippen molar-refractivity contribution < 1.29 is 0 Å². The maximum Gasteiger partial charge on any atom is 0.0235 e. The van der Waals surface area contributed by atoms with Gasteiger partial charge < -0.3 is 4.90 Å². The molecule has 2 heteroatoms. The van der Waals surface area contributed by atoms with E-state index in [-0.39, 0.29) is 0 Å². The Morgan fingerprint density at radius 3 is 2.36 bits per heavy atom. The van der Waals surface area contributed by atoms with E-state index in [1.807, 2.05) is 0 Å². The highest BCUT2D eigenvalue weighted by Gasteiger charge is 2.22. The molecule has 0 spiro atoms. The third-order valence-corrected chi connectivity index (χ3v) is 3.93. The van der Waals surface area contributed by atoms with E-state index in [0.717, 1.165) is 24.3 Å². The van der Waals surface area contributed by atoms with Crippen molar-refractivity contribution in [1.82, 2.24) is 4.90 Å². The predicted octanol–water partition coefficient (Wildman–Crippen LogP) is 3.52. The zero-order valence-electron chi connectivity index (χ0n) is 9.64. The van der Waals surface area contributed by atoms with Crippen molar-refractivity contribution in [3.8, 4) is 0 Å². The first-order valence-corrected chi connectivity index (χ1v) is 6.57. The van der Waals surface area contributed by atoms with Gasteiger partial charge in [-0.15, -0.1) is 11.6 Å². The standard InChI is InChI=1S/C12H24ClN/c1-3-11-5-7-12(8-6-11)14(2)10-4-9-13/h11-12H,3-10H2,1-2H3. The Morgan fingerprint density at radius 2 is 1.86 bits per heavy atom. The minimum Gasteiger partial charge on any atom is -0.303 e. The van der Waals surface area contributed by atoms with E-state index >= 15 is 0 Å². The maximum absolute atomic E-state index is 5.70. The van der Waals surface area contributed by atoms with Gasteiger partial charge in [-0.05, 0) is 51.6 Å². The monoisotopic (exact) mass is 217 g/mol. The summed E-state index contributed by atoms with van der Waals surface area (Å²) < 4.78 is 0. The van der Waals surface area contributed by atoms with Gasteiger partial charge in [0.25, 0.3) is 0 Å². The average molecular weight is 218 g/mol. The third kappa shape index (κ3) is 3.78. The molecule has 0 N–H and O–H groups in total. The number of nitrogens with zero attached hydrogens (tertiary/aromatic N) is 1. The Morgan fingerprint density at radius 1 is 1.21 bits per heavy atom. The molecule has 0 bridgehead atoms. The van der Waals surface area contributed by atoms with Crippen LogP contribution in [-0.2, 0) is 0 Å². The van der Waals surface area contributed by atoms with Crippen LogP contribution < -0.4 is 0 Å². The van der Waals surface area contributed by atoms with Gasteiger partial charge in [0.05, 0.1) is 0 Å². The first-order valence-electron chi connectivity index (χ1n) is 6.04. The summed E-state index contributed by atoms with van der Waals surface area (Å²) in [6, 6.07) is 0.834. The van der Waals surface area contributed by atoms with Crippen LogP contribution in [0.2, 0.25) is 0 Å². The second kappa shape index (κ2) is 6.68. The van der Waals surface area contributed by atoms with Gasteiger partial charge >= 0.3 is 0 Å². The van der Waals surface area contributed by atoms with Crippen LogP contribution in [0.4, 0.5) is 0 Å². The number of alkyl halides is 1. The smallest absolute Gasteiger partial charge is 0.0235 e. The number of halogens is 1. The highest BCUT2D eigenvalue weighted by Crippen LogP contribution is 2.28. The minimum atomic E-state index is 0.800. The van der Waals surface area contributed by atoms with Crippen molar-refractivity contribution >= 4 is 11.6 Å². The Hall–Kier alpha value is 0.250. The molecule has 1 fully saturated rings. The second-order valence-electron chi connectivity index (χ2n) is 4.61. The van der Waals surface area contributed by atoms with Crippen molar-refractivity contribution in [1.29, 1.82) is 0 Å². The fraction of sp³-hybridized carbons (Fsp3) is 1.00. The molecule has 0 saturated heterocycles. The molecule has 1 saturated carbocycles. The number of rotatable bonds is 5. The SMILES string of the molecule is CCC1CCC(N(C)CCCCl)CC1. The fourth-order valence-corrected chi connectivity index (χ4v) is 2.61. The Kier molecular flexibility index (Phi) is 5.88. The highest BCUT2D eigenvalue weighted by atomic mass is 35.5. The van der Waals surface area contributed by atoms with E-state index in [9.17, 15) is 0 Å². The Balaban J connectivity index is 2.19. The van der Waals surface area contributed by atoms with Crippen LogP contribution in [0.1, 0.15) is 45.4 Å². The van der Waals surface area contributed by atoms with E-state index in [1.54, 1.807) is 0 Å². The lowest BCUT2D eigenvalue weighted by molar-refractivity contribution is 0.164. The van der Waals surface area contributed by atoms with Gasteiger partial charge in [-0.1, -0.05) is 13.3 Å². The first kappa shape index (κ1) is 12.3. The van der Waals surface area contributed by atoms with Crippen LogP contribution in [0.5, 0.6) is 0 Å². The summed E-state index contributed by atoms with van der Waals surface area (Å²) in [5, 5.41) is 0. The molecule has 1 nitrogen and oxygen atoms in total. The second-order valence-corrected chi connectivity index (χ2v) is 4.98. The van der Waals surface area contributed by atoms with Crippen LogP contribution in [0, 0.1) is 5.92 Å². The molecule has 0 aromatic heterocycles. The lowest BCUT2D eigenvalue weighted by atomic mass is 9.84. The van der Waals surface area contributed by atoms with Crippen molar-refractivity contribution in [3.63, 3.8) is 0 Å². The summed E-state index contributed by atoms with van der Waals surface area (Å²) in [5.74, 6) is 1.81. The quantitative estimate of drug-likeness (QED) is 0.637. The van der Waals surface area contributed by atoms with E-state index in [1.165, 1.54) is 38.6 Å². The molecule has 0 atom stereocenters. The molecule has 0 aromatic rings. The molecular weight excluding hydrogens is 194 g/mol. The maximum atomic E-state index is 5.70. The van der Waals surface area contributed by atoms with Crippen molar-refractivity contribution in [3.05, 3.63) is 0 Å². The number of hydrogen-bond acceptors (Lipinski definition) is 1. The van der Waals surface area contributed by atoms with Crippen LogP contribution in [0.15, 0.2) is 0 Å². The molecule has 1 aliphatic rings. The topological polar surface area (TPSA) is 3.24 Å². The van der Waals surface area contributed by atoms with Crippen LogP contribution in [0.25, 0.3) is 0 Å². The van der Waals surface area contributed by atoms with E-state index in [2.05, 4.69) is 18.9 Å². The largest absolute Gasteiger partial charge is 0.303 e.